The van der Waals surface area contributed by atoms with Crippen molar-refractivity contribution in [2.75, 3.05) is 6.54 Å². The van der Waals surface area contributed by atoms with Crippen LogP contribution in [-0.2, 0) is 13.0 Å². The Balaban J connectivity index is 2.74. The first kappa shape index (κ1) is 13.0. The van der Waals surface area contributed by atoms with Gasteiger partial charge in [0, 0.05) is 13.0 Å². The molecule has 0 aliphatic rings. The van der Waals surface area contributed by atoms with Crippen molar-refractivity contribution < 1.29 is 8.78 Å². The average molecular weight is 232 g/mol. The molecule has 0 atom stereocenters. The van der Waals surface area contributed by atoms with Crippen LogP contribution in [0.1, 0.15) is 44.0 Å². The molecule has 0 bridgehead atoms. The summed E-state index contributed by atoms with van der Waals surface area (Å²) in [5.41, 5.74) is 5.60. The molecule has 0 aromatic carbocycles. The zero-order chi connectivity index (χ0) is 12.0. The van der Waals surface area contributed by atoms with Crippen molar-refractivity contribution >= 4 is 0 Å². The summed E-state index contributed by atoms with van der Waals surface area (Å²) in [4.78, 5) is 0. The number of rotatable bonds is 7. The summed E-state index contributed by atoms with van der Waals surface area (Å²) >= 11 is 0. The maximum absolute atomic E-state index is 12.8. The van der Waals surface area contributed by atoms with Crippen LogP contribution in [0.25, 0.3) is 0 Å². The van der Waals surface area contributed by atoms with Crippen LogP contribution >= 0.6 is 0 Å². The SMILES string of the molecule is CCCCCn1nnc(CCN)c1C(F)F. The quantitative estimate of drug-likeness (QED) is 0.730. The van der Waals surface area contributed by atoms with E-state index in [0.29, 0.717) is 25.2 Å². The Bertz CT molecular complexity index is 312. The normalized spacial score (nSPS) is 11.3. The summed E-state index contributed by atoms with van der Waals surface area (Å²) in [5, 5.41) is 7.52. The van der Waals surface area contributed by atoms with Crippen molar-refractivity contribution in [1.29, 1.82) is 0 Å². The van der Waals surface area contributed by atoms with Gasteiger partial charge in [0.25, 0.3) is 6.43 Å². The Morgan fingerprint density at radius 3 is 2.69 bits per heavy atom. The first-order valence-electron chi connectivity index (χ1n) is 5.61. The number of hydrogen-bond acceptors (Lipinski definition) is 3. The van der Waals surface area contributed by atoms with Crippen LogP contribution in [-0.4, -0.2) is 21.5 Å². The fourth-order valence-electron chi connectivity index (χ4n) is 1.59. The molecule has 0 unspecified atom stereocenters. The van der Waals surface area contributed by atoms with Crippen molar-refractivity contribution in [1.82, 2.24) is 15.0 Å². The number of aromatic nitrogens is 3. The molecular weight excluding hydrogens is 214 g/mol. The van der Waals surface area contributed by atoms with Gasteiger partial charge < -0.3 is 5.73 Å². The van der Waals surface area contributed by atoms with Crippen LogP contribution < -0.4 is 5.73 Å². The first-order valence-corrected chi connectivity index (χ1v) is 5.61. The minimum absolute atomic E-state index is 0.0680. The van der Waals surface area contributed by atoms with E-state index in [1.165, 1.54) is 4.68 Å². The second kappa shape index (κ2) is 6.52. The lowest BCUT2D eigenvalue weighted by Crippen LogP contribution is -2.09. The molecule has 1 aromatic heterocycles. The van der Waals surface area contributed by atoms with Crippen LogP contribution in [0.4, 0.5) is 8.78 Å². The Kier molecular flexibility index (Phi) is 5.31. The maximum Gasteiger partial charge on any atom is 0.281 e. The summed E-state index contributed by atoms with van der Waals surface area (Å²) in [6.07, 6.45) is 0.733. The predicted octanol–water partition coefficient (Wildman–Crippen LogP) is 1.91. The van der Waals surface area contributed by atoms with E-state index in [1.54, 1.807) is 0 Å². The molecule has 0 radical (unpaired) electrons. The molecule has 1 heterocycles. The van der Waals surface area contributed by atoms with Crippen LogP contribution in [0.15, 0.2) is 0 Å². The first-order chi connectivity index (χ1) is 7.70. The van der Waals surface area contributed by atoms with Gasteiger partial charge in [0.05, 0.1) is 5.69 Å². The molecule has 92 valence electrons. The number of nitrogens with zero attached hydrogens (tertiary/aromatic N) is 3. The number of alkyl halides is 2. The van der Waals surface area contributed by atoms with Crippen molar-refractivity contribution in [3.8, 4) is 0 Å². The molecule has 0 fully saturated rings. The van der Waals surface area contributed by atoms with E-state index in [1.807, 2.05) is 0 Å². The Morgan fingerprint density at radius 1 is 1.38 bits per heavy atom. The van der Waals surface area contributed by atoms with Gasteiger partial charge in [0.2, 0.25) is 0 Å². The summed E-state index contributed by atoms with van der Waals surface area (Å²) in [7, 11) is 0. The molecule has 2 N–H and O–H groups in total. The molecule has 0 saturated heterocycles. The number of halogens is 2. The molecule has 0 spiro atoms. The second-order valence-corrected chi connectivity index (χ2v) is 3.69. The minimum atomic E-state index is -2.53. The standard InChI is InChI=1S/C10H18F2N4/c1-2-3-4-7-16-9(10(11)12)8(5-6-13)14-15-16/h10H,2-7,13H2,1H3. The van der Waals surface area contributed by atoms with Gasteiger partial charge >= 0.3 is 0 Å². The fourth-order valence-corrected chi connectivity index (χ4v) is 1.59. The fraction of sp³-hybridized carbons (Fsp3) is 0.800. The molecular formula is C10H18F2N4. The third-order valence-electron chi connectivity index (χ3n) is 2.41. The second-order valence-electron chi connectivity index (χ2n) is 3.69. The summed E-state index contributed by atoms with van der Waals surface area (Å²) in [6, 6.07) is 0. The third kappa shape index (κ3) is 3.23. The van der Waals surface area contributed by atoms with E-state index in [2.05, 4.69) is 17.2 Å². The van der Waals surface area contributed by atoms with E-state index in [9.17, 15) is 8.78 Å². The zero-order valence-corrected chi connectivity index (χ0v) is 9.49. The topological polar surface area (TPSA) is 56.7 Å². The molecule has 0 aliphatic heterocycles. The molecule has 0 aliphatic carbocycles. The highest BCUT2D eigenvalue weighted by Gasteiger charge is 2.20. The monoisotopic (exact) mass is 232 g/mol. The number of hydrogen-bond donors (Lipinski definition) is 1. The zero-order valence-electron chi connectivity index (χ0n) is 9.49. The van der Waals surface area contributed by atoms with Gasteiger partial charge in [-0.3, -0.25) is 0 Å². The van der Waals surface area contributed by atoms with Crippen LogP contribution in [0, 0.1) is 0 Å². The van der Waals surface area contributed by atoms with Gasteiger partial charge in [-0.05, 0) is 13.0 Å². The molecule has 6 heteroatoms. The van der Waals surface area contributed by atoms with Crippen molar-refractivity contribution in [3.63, 3.8) is 0 Å². The number of unbranched alkanes of at least 4 members (excludes halogenated alkanes) is 2. The van der Waals surface area contributed by atoms with Crippen molar-refractivity contribution in [3.05, 3.63) is 11.4 Å². The lowest BCUT2D eigenvalue weighted by Gasteiger charge is -2.06. The van der Waals surface area contributed by atoms with E-state index >= 15 is 0 Å². The number of aryl methyl sites for hydroxylation is 1. The number of nitrogens with two attached hydrogens (primary N) is 1. The highest BCUT2D eigenvalue weighted by atomic mass is 19.3. The van der Waals surface area contributed by atoms with Crippen molar-refractivity contribution in [2.24, 2.45) is 5.73 Å². The molecule has 1 rings (SSSR count). The molecule has 16 heavy (non-hydrogen) atoms. The van der Waals surface area contributed by atoms with Gasteiger partial charge in [-0.2, -0.15) is 0 Å². The van der Waals surface area contributed by atoms with Crippen LogP contribution in [0.2, 0.25) is 0 Å². The molecule has 0 amide bonds. The average Bonchev–Trinajstić information content (AvgIpc) is 2.62. The highest BCUT2D eigenvalue weighted by molar-refractivity contribution is 5.12. The van der Waals surface area contributed by atoms with Gasteiger partial charge in [-0.1, -0.05) is 25.0 Å². The lowest BCUT2D eigenvalue weighted by atomic mass is 10.2. The highest BCUT2D eigenvalue weighted by Crippen LogP contribution is 2.22. The van der Waals surface area contributed by atoms with E-state index < -0.39 is 6.43 Å². The van der Waals surface area contributed by atoms with E-state index in [4.69, 9.17) is 5.73 Å². The Morgan fingerprint density at radius 2 is 2.12 bits per heavy atom. The minimum Gasteiger partial charge on any atom is -0.330 e. The smallest absolute Gasteiger partial charge is 0.281 e. The van der Waals surface area contributed by atoms with Gasteiger partial charge in [-0.15, -0.1) is 5.10 Å². The van der Waals surface area contributed by atoms with Crippen LogP contribution in [0.3, 0.4) is 0 Å². The molecule has 1 aromatic rings. The third-order valence-corrected chi connectivity index (χ3v) is 2.41. The maximum atomic E-state index is 12.8. The Labute approximate surface area is 93.8 Å². The van der Waals surface area contributed by atoms with E-state index in [0.717, 1.165) is 19.3 Å². The van der Waals surface area contributed by atoms with E-state index in [-0.39, 0.29) is 5.69 Å². The summed E-state index contributed by atoms with van der Waals surface area (Å²) in [6.45, 7) is 2.88. The predicted molar refractivity (Wildman–Crippen MR) is 57.3 cm³/mol. The van der Waals surface area contributed by atoms with Crippen LogP contribution in [0.5, 0.6) is 0 Å². The molecule has 4 nitrogen and oxygen atoms in total. The van der Waals surface area contributed by atoms with Gasteiger partial charge in [-0.25, -0.2) is 13.5 Å². The molecule has 0 saturated carbocycles. The van der Waals surface area contributed by atoms with Crippen molar-refractivity contribution in [2.45, 2.75) is 45.6 Å². The Hall–Kier alpha value is -1.04. The lowest BCUT2D eigenvalue weighted by molar-refractivity contribution is 0.137. The summed E-state index contributed by atoms with van der Waals surface area (Å²) in [5.74, 6) is 0. The largest absolute Gasteiger partial charge is 0.330 e. The van der Waals surface area contributed by atoms with Gasteiger partial charge in [0.15, 0.2) is 0 Å². The summed E-state index contributed by atoms with van der Waals surface area (Å²) < 4.78 is 26.9. The van der Waals surface area contributed by atoms with Gasteiger partial charge in [0.1, 0.15) is 5.69 Å².